The van der Waals surface area contributed by atoms with E-state index in [0.717, 1.165) is 16.8 Å². The average molecular weight is 271 g/mol. The van der Waals surface area contributed by atoms with Gasteiger partial charge in [0.25, 0.3) is 11.8 Å². The van der Waals surface area contributed by atoms with E-state index >= 15 is 0 Å². The van der Waals surface area contributed by atoms with Crippen LogP contribution in [0, 0.1) is 0 Å². The second-order valence-electron chi connectivity index (χ2n) is 4.53. The van der Waals surface area contributed by atoms with Crippen molar-refractivity contribution in [2.24, 2.45) is 0 Å². The monoisotopic (exact) mass is 271 g/mol. The molecule has 1 aliphatic rings. The number of hydrogen-bond acceptors (Lipinski definition) is 4. The summed E-state index contributed by atoms with van der Waals surface area (Å²) in [6.45, 7) is 0.222. The highest BCUT2D eigenvalue weighted by Crippen LogP contribution is 2.18. The summed E-state index contributed by atoms with van der Waals surface area (Å²) >= 11 is 0. The highest BCUT2D eigenvalue weighted by Gasteiger charge is 2.26. The van der Waals surface area contributed by atoms with Crippen LogP contribution in [0.5, 0.6) is 0 Å². The van der Waals surface area contributed by atoms with E-state index in [-0.39, 0.29) is 31.6 Å². The highest BCUT2D eigenvalue weighted by atomic mass is 16.5. The van der Waals surface area contributed by atoms with Gasteiger partial charge in [0, 0.05) is 6.20 Å². The maximum atomic E-state index is 11.6. The summed E-state index contributed by atoms with van der Waals surface area (Å²) < 4.78 is 4.88. The fourth-order valence-electron chi connectivity index (χ4n) is 2.09. The molecule has 1 saturated heterocycles. The van der Waals surface area contributed by atoms with Crippen molar-refractivity contribution in [1.82, 2.24) is 15.1 Å². The summed E-state index contributed by atoms with van der Waals surface area (Å²) in [4.78, 5) is 24.5. The number of carbonyl (C=O) groups is 2. The van der Waals surface area contributed by atoms with Crippen LogP contribution in [0.1, 0.15) is 5.56 Å². The average Bonchev–Trinajstić information content (AvgIpc) is 2.98. The normalized spacial score (nSPS) is 15.7. The minimum atomic E-state index is -0.293. The van der Waals surface area contributed by atoms with Crippen LogP contribution in [0.25, 0.3) is 11.3 Å². The Balaban J connectivity index is 1.75. The third-order valence-corrected chi connectivity index (χ3v) is 3.16. The van der Waals surface area contributed by atoms with Gasteiger partial charge in [-0.25, -0.2) is 0 Å². The van der Waals surface area contributed by atoms with Crippen molar-refractivity contribution in [2.75, 3.05) is 13.2 Å². The van der Waals surface area contributed by atoms with E-state index in [2.05, 4.69) is 10.2 Å². The number of H-pyrrole nitrogens is 1. The molecule has 2 heterocycles. The van der Waals surface area contributed by atoms with Gasteiger partial charge in [0.1, 0.15) is 13.2 Å². The SMILES string of the molecule is O=C1COCC(=O)N1Cc1ccc(-c2ccn[nH]2)cc1. The van der Waals surface area contributed by atoms with Crippen molar-refractivity contribution in [3.05, 3.63) is 42.1 Å². The van der Waals surface area contributed by atoms with Crippen molar-refractivity contribution in [2.45, 2.75) is 6.54 Å². The molecule has 6 nitrogen and oxygen atoms in total. The van der Waals surface area contributed by atoms with E-state index in [1.165, 1.54) is 4.90 Å². The van der Waals surface area contributed by atoms with Gasteiger partial charge in [0.2, 0.25) is 0 Å². The van der Waals surface area contributed by atoms with E-state index in [9.17, 15) is 9.59 Å². The Morgan fingerprint density at radius 3 is 2.40 bits per heavy atom. The molecule has 20 heavy (non-hydrogen) atoms. The van der Waals surface area contributed by atoms with Gasteiger partial charge in [-0.15, -0.1) is 0 Å². The van der Waals surface area contributed by atoms with Gasteiger partial charge >= 0.3 is 0 Å². The smallest absolute Gasteiger partial charge is 0.255 e. The van der Waals surface area contributed by atoms with Crippen LogP contribution >= 0.6 is 0 Å². The van der Waals surface area contributed by atoms with Gasteiger partial charge in [-0.3, -0.25) is 19.6 Å². The number of nitrogens with one attached hydrogen (secondary N) is 1. The van der Waals surface area contributed by atoms with Crippen LogP contribution in [0.15, 0.2) is 36.5 Å². The third kappa shape index (κ3) is 2.46. The van der Waals surface area contributed by atoms with Crippen molar-refractivity contribution in [3.63, 3.8) is 0 Å². The molecule has 2 amide bonds. The molecule has 0 spiro atoms. The maximum absolute atomic E-state index is 11.6. The van der Waals surface area contributed by atoms with E-state index in [0.29, 0.717) is 0 Å². The van der Waals surface area contributed by atoms with Crippen LogP contribution in [-0.4, -0.2) is 40.1 Å². The minimum Gasteiger partial charge on any atom is -0.362 e. The molecule has 1 fully saturated rings. The van der Waals surface area contributed by atoms with Crippen LogP contribution in [-0.2, 0) is 20.9 Å². The zero-order chi connectivity index (χ0) is 13.9. The third-order valence-electron chi connectivity index (χ3n) is 3.16. The highest BCUT2D eigenvalue weighted by molar-refractivity contribution is 5.98. The van der Waals surface area contributed by atoms with Gasteiger partial charge in [-0.1, -0.05) is 24.3 Å². The van der Waals surface area contributed by atoms with Gasteiger partial charge in [0.05, 0.1) is 12.2 Å². The van der Waals surface area contributed by atoms with Crippen molar-refractivity contribution >= 4 is 11.8 Å². The number of carbonyl (C=O) groups excluding carboxylic acids is 2. The molecule has 1 aromatic heterocycles. The van der Waals surface area contributed by atoms with E-state index in [1.807, 2.05) is 30.3 Å². The molecular weight excluding hydrogens is 258 g/mol. The number of ether oxygens (including phenoxy) is 1. The van der Waals surface area contributed by atoms with Gasteiger partial charge in [-0.05, 0) is 17.2 Å². The second kappa shape index (κ2) is 5.26. The number of morpholine rings is 1. The lowest BCUT2D eigenvalue weighted by Gasteiger charge is -2.24. The number of nitrogens with zero attached hydrogens (tertiary/aromatic N) is 2. The van der Waals surface area contributed by atoms with Crippen LogP contribution in [0.2, 0.25) is 0 Å². The number of hydrogen-bond donors (Lipinski definition) is 1. The standard InChI is InChI=1S/C14H13N3O3/c18-13-8-20-9-14(19)17(13)7-10-1-3-11(4-2-10)12-5-6-15-16-12/h1-6H,7-9H2,(H,15,16). The molecule has 3 rings (SSSR count). The summed E-state index contributed by atoms with van der Waals surface area (Å²) in [5.74, 6) is -0.585. The predicted molar refractivity (Wildman–Crippen MR) is 70.4 cm³/mol. The Morgan fingerprint density at radius 1 is 1.10 bits per heavy atom. The Labute approximate surface area is 115 Å². The molecule has 2 aromatic rings. The molecular formula is C14H13N3O3. The molecule has 6 heteroatoms. The van der Waals surface area contributed by atoms with E-state index in [1.54, 1.807) is 6.20 Å². The summed E-state index contributed by atoms with van der Waals surface area (Å²) in [6.07, 6.45) is 1.69. The Bertz CT molecular complexity index is 604. The number of aromatic amines is 1. The Hall–Kier alpha value is -2.47. The lowest BCUT2D eigenvalue weighted by atomic mass is 10.1. The molecule has 102 valence electrons. The van der Waals surface area contributed by atoms with E-state index in [4.69, 9.17) is 4.74 Å². The lowest BCUT2D eigenvalue weighted by molar-refractivity contribution is -0.159. The van der Waals surface area contributed by atoms with E-state index < -0.39 is 0 Å². The first-order valence-electron chi connectivity index (χ1n) is 6.23. The molecule has 0 aliphatic carbocycles. The lowest BCUT2D eigenvalue weighted by Crippen LogP contribution is -2.45. The number of rotatable bonds is 3. The van der Waals surface area contributed by atoms with Crippen molar-refractivity contribution in [1.29, 1.82) is 0 Å². The predicted octanol–water partition coefficient (Wildman–Crippen LogP) is 0.962. The quantitative estimate of drug-likeness (QED) is 0.844. The number of benzene rings is 1. The zero-order valence-corrected chi connectivity index (χ0v) is 10.7. The largest absolute Gasteiger partial charge is 0.362 e. The van der Waals surface area contributed by atoms with Crippen LogP contribution in [0.4, 0.5) is 0 Å². The van der Waals surface area contributed by atoms with Crippen molar-refractivity contribution < 1.29 is 14.3 Å². The summed E-state index contributed by atoms with van der Waals surface area (Å²) in [7, 11) is 0. The molecule has 0 atom stereocenters. The summed E-state index contributed by atoms with van der Waals surface area (Å²) in [5.41, 5.74) is 2.83. The first kappa shape index (κ1) is 12.6. The molecule has 1 N–H and O–H groups in total. The summed E-state index contributed by atoms with van der Waals surface area (Å²) in [6, 6.07) is 9.53. The van der Waals surface area contributed by atoms with Crippen molar-refractivity contribution in [3.8, 4) is 11.3 Å². The van der Waals surface area contributed by atoms with Gasteiger partial charge in [-0.2, -0.15) is 5.10 Å². The number of imide groups is 1. The Kier molecular flexibility index (Phi) is 3.30. The number of amides is 2. The molecule has 1 aliphatic heterocycles. The Morgan fingerprint density at radius 2 is 1.80 bits per heavy atom. The molecule has 0 unspecified atom stereocenters. The summed E-state index contributed by atoms with van der Waals surface area (Å²) in [5, 5.41) is 6.78. The van der Waals surface area contributed by atoms with Gasteiger partial charge < -0.3 is 4.74 Å². The fraction of sp³-hybridized carbons (Fsp3) is 0.214. The topological polar surface area (TPSA) is 75.3 Å². The molecule has 0 saturated carbocycles. The second-order valence-corrected chi connectivity index (χ2v) is 4.53. The molecule has 1 aromatic carbocycles. The molecule has 0 radical (unpaired) electrons. The minimum absolute atomic E-state index is 0.0298. The van der Waals surface area contributed by atoms with Crippen LogP contribution < -0.4 is 0 Å². The first-order valence-corrected chi connectivity index (χ1v) is 6.23. The maximum Gasteiger partial charge on any atom is 0.255 e. The van der Waals surface area contributed by atoms with Crippen LogP contribution in [0.3, 0.4) is 0 Å². The molecule has 0 bridgehead atoms. The fourth-order valence-corrected chi connectivity index (χ4v) is 2.09. The first-order chi connectivity index (χ1) is 9.74. The zero-order valence-electron chi connectivity index (χ0n) is 10.7. The van der Waals surface area contributed by atoms with Gasteiger partial charge in [0.15, 0.2) is 0 Å². The number of aromatic nitrogens is 2.